The zero-order chi connectivity index (χ0) is 15.6. The minimum absolute atomic E-state index is 0.918. The van der Waals surface area contributed by atoms with Crippen LogP contribution in [0.3, 0.4) is 0 Å². The standard InChI is InChI=1S/C17H17BrN4S/c18-13-5-6-14(19-11-13)12-21-7-9-22(10-8-21)17-20-15-3-1-2-4-16(15)23-17/h1-6,11H,7-10,12H2. The molecule has 1 aliphatic heterocycles. The fourth-order valence-corrected chi connectivity index (χ4v) is 4.07. The molecular formula is C17H17BrN4S. The quantitative estimate of drug-likeness (QED) is 0.683. The van der Waals surface area contributed by atoms with Crippen LogP contribution in [0.25, 0.3) is 10.2 Å². The molecule has 0 bridgehead atoms. The summed E-state index contributed by atoms with van der Waals surface area (Å²) in [5, 5.41) is 1.15. The Bertz CT molecular complexity index is 761. The van der Waals surface area contributed by atoms with Crippen molar-refractivity contribution in [2.75, 3.05) is 31.1 Å². The second kappa shape index (κ2) is 6.55. The minimum Gasteiger partial charge on any atom is -0.345 e. The maximum atomic E-state index is 4.76. The van der Waals surface area contributed by atoms with E-state index in [1.165, 1.54) is 4.70 Å². The third kappa shape index (κ3) is 3.39. The average Bonchev–Trinajstić information content (AvgIpc) is 3.02. The zero-order valence-electron chi connectivity index (χ0n) is 12.7. The van der Waals surface area contributed by atoms with Gasteiger partial charge in [0, 0.05) is 43.4 Å². The molecule has 1 aliphatic rings. The first-order valence-corrected chi connectivity index (χ1v) is 9.32. The number of halogens is 1. The highest BCUT2D eigenvalue weighted by Crippen LogP contribution is 2.29. The lowest BCUT2D eigenvalue weighted by atomic mass is 10.3. The van der Waals surface area contributed by atoms with Crippen LogP contribution in [0, 0.1) is 0 Å². The second-order valence-electron chi connectivity index (χ2n) is 5.70. The van der Waals surface area contributed by atoms with Crippen LogP contribution in [-0.4, -0.2) is 41.0 Å². The number of rotatable bonds is 3. The van der Waals surface area contributed by atoms with Crippen molar-refractivity contribution in [1.82, 2.24) is 14.9 Å². The van der Waals surface area contributed by atoms with Crippen LogP contribution in [-0.2, 0) is 6.54 Å². The molecule has 0 radical (unpaired) electrons. The molecule has 118 valence electrons. The normalized spacial score (nSPS) is 16.1. The predicted octanol–water partition coefficient (Wildman–Crippen LogP) is 3.78. The summed E-state index contributed by atoms with van der Waals surface area (Å²) in [6, 6.07) is 12.5. The topological polar surface area (TPSA) is 32.3 Å². The lowest BCUT2D eigenvalue weighted by Gasteiger charge is -2.34. The van der Waals surface area contributed by atoms with Gasteiger partial charge in [0.25, 0.3) is 0 Å². The van der Waals surface area contributed by atoms with Gasteiger partial charge in [0.15, 0.2) is 5.13 Å². The van der Waals surface area contributed by atoms with Gasteiger partial charge in [-0.15, -0.1) is 0 Å². The highest BCUT2D eigenvalue weighted by atomic mass is 79.9. The number of thiazole rings is 1. The lowest BCUT2D eigenvalue weighted by molar-refractivity contribution is 0.247. The van der Waals surface area contributed by atoms with E-state index in [-0.39, 0.29) is 0 Å². The van der Waals surface area contributed by atoms with Gasteiger partial charge in [-0.3, -0.25) is 9.88 Å². The Morgan fingerprint density at radius 1 is 1.04 bits per heavy atom. The molecule has 0 N–H and O–H groups in total. The highest BCUT2D eigenvalue weighted by Gasteiger charge is 2.20. The molecule has 3 aromatic rings. The molecule has 3 heterocycles. The number of hydrogen-bond acceptors (Lipinski definition) is 5. The van der Waals surface area contributed by atoms with Gasteiger partial charge in [0.05, 0.1) is 15.9 Å². The molecule has 1 fully saturated rings. The van der Waals surface area contributed by atoms with E-state index in [4.69, 9.17) is 4.98 Å². The maximum absolute atomic E-state index is 4.76. The van der Waals surface area contributed by atoms with Crippen LogP contribution < -0.4 is 4.90 Å². The summed E-state index contributed by atoms with van der Waals surface area (Å²) in [6.07, 6.45) is 1.87. The van der Waals surface area contributed by atoms with Gasteiger partial charge < -0.3 is 4.90 Å². The van der Waals surface area contributed by atoms with Crippen LogP contribution >= 0.6 is 27.3 Å². The SMILES string of the molecule is Brc1ccc(CN2CCN(c3nc4ccccc4s3)CC2)nc1. The van der Waals surface area contributed by atoms with E-state index in [2.05, 4.69) is 67.1 Å². The van der Waals surface area contributed by atoms with Crippen LogP contribution in [0.15, 0.2) is 47.1 Å². The Labute approximate surface area is 147 Å². The van der Waals surface area contributed by atoms with Gasteiger partial charge in [-0.05, 0) is 40.2 Å². The summed E-state index contributed by atoms with van der Waals surface area (Å²) in [6.45, 7) is 5.06. The monoisotopic (exact) mass is 388 g/mol. The first-order valence-electron chi connectivity index (χ1n) is 7.71. The summed E-state index contributed by atoms with van der Waals surface area (Å²) in [7, 11) is 0. The van der Waals surface area contributed by atoms with Crippen molar-refractivity contribution >= 4 is 42.6 Å². The third-order valence-corrected chi connectivity index (χ3v) is 5.67. The Balaban J connectivity index is 1.39. The van der Waals surface area contributed by atoms with Crippen LogP contribution in [0.2, 0.25) is 0 Å². The van der Waals surface area contributed by atoms with Crippen molar-refractivity contribution in [3.05, 3.63) is 52.8 Å². The van der Waals surface area contributed by atoms with Crippen molar-refractivity contribution < 1.29 is 0 Å². The van der Waals surface area contributed by atoms with Crippen LogP contribution in [0.4, 0.5) is 5.13 Å². The van der Waals surface area contributed by atoms with Crippen molar-refractivity contribution in [2.24, 2.45) is 0 Å². The molecule has 0 amide bonds. The average molecular weight is 389 g/mol. The molecule has 1 aromatic carbocycles. The number of aromatic nitrogens is 2. The largest absolute Gasteiger partial charge is 0.345 e. The molecule has 23 heavy (non-hydrogen) atoms. The van der Waals surface area contributed by atoms with Gasteiger partial charge >= 0.3 is 0 Å². The Morgan fingerprint density at radius 2 is 1.87 bits per heavy atom. The first kappa shape index (κ1) is 15.1. The number of fused-ring (bicyclic) bond motifs is 1. The number of hydrogen-bond donors (Lipinski definition) is 0. The summed E-state index contributed by atoms with van der Waals surface area (Å²) < 4.78 is 2.30. The van der Waals surface area contributed by atoms with E-state index in [0.29, 0.717) is 0 Å². The Morgan fingerprint density at radius 3 is 2.61 bits per heavy atom. The fourth-order valence-electron chi connectivity index (χ4n) is 2.82. The maximum Gasteiger partial charge on any atom is 0.186 e. The van der Waals surface area contributed by atoms with Crippen molar-refractivity contribution in [1.29, 1.82) is 0 Å². The van der Waals surface area contributed by atoms with Crippen molar-refractivity contribution in [3.8, 4) is 0 Å². The van der Waals surface area contributed by atoms with E-state index >= 15 is 0 Å². The highest BCUT2D eigenvalue weighted by molar-refractivity contribution is 9.10. The van der Waals surface area contributed by atoms with Gasteiger partial charge in [0.1, 0.15) is 0 Å². The lowest BCUT2D eigenvalue weighted by Crippen LogP contribution is -2.46. The molecule has 4 nitrogen and oxygen atoms in total. The molecule has 0 unspecified atom stereocenters. The minimum atomic E-state index is 0.918. The van der Waals surface area contributed by atoms with Gasteiger partial charge in [-0.25, -0.2) is 4.98 Å². The molecule has 0 saturated carbocycles. The smallest absolute Gasteiger partial charge is 0.186 e. The summed E-state index contributed by atoms with van der Waals surface area (Å²) in [4.78, 5) is 14.1. The molecular weight excluding hydrogens is 372 g/mol. The zero-order valence-corrected chi connectivity index (χ0v) is 15.1. The summed E-state index contributed by atoms with van der Waals surface area (Å²) in [5.41, 5.74) is 2.23. The van der Waals surface area contributed by atoms with Crippen molar-refractivity contribution in [2.45, 2.75) is 6.54 Å². The first-order chi connectivity index (χ1) is 11.3. The number of para-hydroxylation sites is 1. The number of anilines is 1. The van der Waals surface area contributed by atoms with Crippen LogP contribution in [0.5, 0.6) is 0 Å². The second-order valence-corrected chi connectivity index (χ2v) is 7.62. The van der Waals surface area contributed by atoms with Gasteiger partial charge in [0.2, 0.25) is 0 Å². The predicted molar refractivity (Wildman–Crippen MR) is 99.0 cm³/mol. The van der Waals surface area contributed by atoms with E-state index in [9.17, 15) is 0 Å². The number of nitrogens with zero attached hydrogens (tertiary/aromatic N) is 4. The molecule has 0 atom stereocenters. The molecule has 1 saturated heterocycles. The molecule has 0 spiro atoms. The van der Waals surface area contributed by atoms with E-state index in [1.807, 2.05) is 6.20 Å². The Kier molecular flexibility index (Phi) is 4.29. The third-order valence-electron chi connectivity index (χ3n) is 4.10. The number of pyridine rings is 1. The van der Waals surface area contributed by atoms with E-state index in [1.54, 1.807) is 11.3 Å². The number of piperazine rings is 1. The molecule has 0 aliphatic carbocycles. The Hall–Kier alpha value is -1.50. The van der Waals surface area contributed by atoms with E-state index in [0.717, 1.165) is 53.5 Å². The molecule has 6 heteroatoms. The number of benzene rings is 1. The fraction of sp³-hybridized carbons (Fsp3) is 0.294. The van der Waals surface area contributed by atoms with Gasteiger partial charge in [-0.1, -0.05) is 23.5 Å². The summed E-state index contributed by atoms with van der Waals surface area (Å²) >= 11 is 5.22. The molecule has 4 rings (SSSR count). The summed E-state index contributed by atoms with van der Waals surface area (Å²) in [5.74, 6) is 0. The van der Waals surface area contributed by atoms with Crippen molar-refractivity contribution in [3.63, 3.8) is 0 Å². The molecule has 2 aromatic heterocycles. The van der Waals surface area contributed by atoms with Gasteiger partial charge in [-0.2, -0.15) is 0 Å². The van der Waals surface area contributed by atoms with Crippen LogP contribution in [0.1, 0.15) is 5.69 Å². The van der Waals surface area contributed by atoms with E-state index < -0.39 is 0 Å².